The first-order chi connectivity index (χ1) is 13.3. The average Bonchev–Trinajstić information content (AvgIpc) is 3.31. The van der Waals surface area contributed by atoms with Gasteiger partial charge in [-0.25, -0.2) is 0 Å². The van der Waals surface area contributed by atoms with Crippen LogP contribution in [0.25, 0.3) is 0 Å². The SMILES string of the molecule is CC1(C)CCC1C(=O)NC1(CNC(=O)CCNC(=O)c2ccco2)CCCC1. The van der Waals surface area contributed by atoms with Crippen molar-refractivity contribution < 1.29 is 18.8 Å². The van der Waals surface area contributed by atoms with Crippen molar-refractivity contribution in [2.75, 3.05) is 13.1 Å². The average molecular weight is 389 g/mol. The van der Waals surface area contributed by atoms with Crippen LogP contribution in [0.1, 0.15) is 69.3 Å². The molecule has 2 aliphatic rings. The summed E-state index contributed by atoms with van der Waals surface area (Å²) in [5.74, 6) is -0.0489. The van der Waals surface area contributed by atoms with E-state index in [0.717, 1.165) is 38.5 Å². The standard InChI is InChI=1S/C21H31N3O4/c1-20(2)11-7-15(20)18(26)24-21(9-3-4-10-21)14-23-17(25)8-12-22-19(27)16-6-5-13-28-16/h5-6,13,15H,3-4,7-12,14H2,1-2H3,(H,22,27)(H,23,25)(H,24,26). The van der Waals surface area contributed by atoms with E-state index in [2.05, 4.69) is 29.8 Å². The van der Waals surface area contributed by atoms with Gasteiger partial charge in [0.05, 0.1) is 11.8 Å². The number of carbonyl (C=O) groups is 3. The normalized spacial score (nSPS) is 22.1. The predicted octanol–water partition coefficient (Wildman–Crippen LogP) is 2.38. The number of hydrogen-bond donors (Lipinski definition) is 3. The molecule has 0 saturated heterocycles. The van der Waals surface area contributed by atoms with Gasteiger partial charge in [-0.2, -0.15) is 0 Å². The molecule has 1 atom stereocenters. The van der Waals surface area contributed by atoms with Crippen molar-refractivity contribution >= 4 is 17.7 Å². The summed E-state index contributed by atoms with van der Waals surface area (Å²) >= 11 is 0. The fourth-order valence-corrected chi connectivity index (χ4v) is 4.24. The van der Waals surface area contributed by atoms with Crippen LogP contribution in [0.15, 0.2) is 22.8 Å². The van der Waals surface area contributed by atoms with E-state index in [0.29, 0.717) is 6.54 Å². The second-order valence-electron chi connectivity index (χ2n) is 8.82. The Morgan fingerprint density at radius 2 is 1.89 bits per heavy atom. The summed E-state index contributed by atoms with van der Waals surface area (Å²) in [6.07, 6.45) is 7.54. The van der Waals surface area contributed by atoms with E-state index in [1.807, 2.05) is 0 Å². The molecule has 28 heavy (non-hydrogen) atoms. The van der Waals surface area contributed by atoms with Gasteiger partial charge in [-0.15, -0.1) is 0 Å². The van der Waals surface area contributed by atoms with Crippen LogP contribution >= 0.6 is 0 Å². The van der Waals surface area contributed by atoms with E-state index in [1.54, 1.807) is 12.1 Å². The first-order valence-corrected chi connectivity index (χ1v) is 10.2. The fraction of sp³-hybridized carbons (Fsp3) is 0.667. The molecule has 3 rings (SSSR count). The lowest BCUT2D eigenvalue weighted by Crippen LogP contribution is -2.58. The van der Waals surface area contributed by atoms with Gasteiger partial charge < -0.3 is 20.4 Å². The summed E-state index contributed by atoms with van der Waals surface area (Å²) < 4.78 is 5.01. The summed E-state index contributed by atoms with van der Waals surface area (Å²) in [4.78, 5) is 36.7. The third-order valence-electron chi connectivity index (χ3n) is 6.29. The maximum atomic E-state index is 12.7. The molecule has 1 unspecified atom stereocenters. The Kier molecular flexibility index (Phi) is 6.10. The second-order valence-corrected chi connectivity index (χ2v) is 8.82. The van der Waals surface area contributed by atoms with Gasteiger partial charge in [-0.3, -0.25) is 14.4 Å². The minimum atomic E-state index is -0.337. The first-order valence-electron chi connectivity index (χ1n) is 10.2. The highest BCUT2D eigenvalue weighted by atomic mass is 16.3. The molecule has 0 aliphatic heterocycles. The van der Waals surface area contributed by atoms with Gasteiger partial charge in [0.15, 0.2) is 5.76 Å². The minimum Gasteiger partial charge on any atom is -0.459 e. The van der Waals surface area contributed by atoms with Gasteiger partial charge in [0, 0.05) is 25.4 Å². The zero-order chi connectivity index (χ0) is 20.2. The number of carbonyl (C=O) groups excluding carboxylic acids is 3. The van der Waals surface area contributed by atoms with Crippen LogP contribution in [-0.2, 0) is 9.59 Å². The van der Waals surface area contributed by atoms with Crippen LogP contribution < -0.4 is 16.0 Å². The lowest BCUT2D eigenvalue weighted by Gasteiger charge is -2.45. The maximum Gasteiger partial charge on any atom is 0.286 e. The van der Waals surface area contributed by atoms with Crippen molar-refractivity contribution in [3.05, 3.63) is 24.2 Å². The van der Waals surface area contributed by atoms with Gasteiger partial charge in [0.25, 0.3) is 5.91 Å². The van der Waals surface area contributed by atoms with E-state index in [-0.39, 0.29) is 53.3 Å². The van der Waals surface area contributed by atoms with Crippen LogP contribution in [-0.4, -0.2) is 36.3 Å². The van der Waals surface area contributed by atoms with Crippen molar-refractivity contribution in [3.8, 4) is 0 Å². The van der Waals surface area contributed by atoms with Crippen LogP contribution in [0.4, 0.5) is 0 Å². The third-order valence-corrected chi connectivity index (χ3v) is 6.29. The highest BCUT2D eigenvalue weighted by Crippen LogP contribution is 2.46. The third kappa shape index (κ3) is 4.75. The molecule has 0 spiro atoms. The van der Waals surface area contributed by atoms with E-state index in [4.69, 9.17) is 4.42 Å². The smallest absolute Gasteiger partial charge is 0.286 e. The number of amides is 3. The monoisotopic (exact) mass is 389 g/mol. The zero-order valence-electron chi connectivity index (χ0n) is 16.8. The molecule has 0 radical (unpaired) electrons. The Morgan fingerprint density at radius 1 is 1.14 bits per heavy atom. The molecule has 7 nitrogen and oxygen atoms in total. The van der Waals surface area contributed by atoms with Gasteiger partial charge in [0.1, 0.15) is 0 Å². The van der Waals surface area contributed by atoms with Crippen LogP contribution in [0.2, 0.25) is 0 Å². The van der Waals surface area contributed by atoms with Gasteiger partial charge in [-0.05, 0) is 43.2 Å². The molecule has 1 aromatic rings. The Bertz CT molecular complexity index is 705. The summed E-state index contributed by atoms with van der Waals surface area (Å²) in [6, 6.07) is 3.22. The van der Waals surface area contributed by atoms with Crippen LogP contribution in [0, 0.1) is 11.3 Å². The highest BCUT2D eigenvalue weighted by Gasteiger charge is 2.46. The predicted molar refractivity (Wildman–Crippen MR) is 105 cm³/mol. The Labute approximate surface area is 166 Å². The molecule has 7 heteroatoms. The fourth-order valence-electron chi connectivity index (χ4n) is 4.24. The summed E-state index contributed by atoms with van der Waals surface area (Å²) in [5, 5.41) is 8.87. The molecule has 2 aliphatic carbocycles. The Morgan fingerprint density at radius 3 is 2.46 bits per heavy atom. The quantitative estimate of drug-likeness (QED) is 0.635. The van der Waals surface area contributed by atoms with E-state index in [9.17, 15) is 14.4 Å². The van der Waals surface area contributed by atoms with E-state index >= 15 is 0 Å². The zero-order valence-corrected chi connectivity index (χ0v) is 16.8. The molecule has 1 heterocycles. The van der Waals surface area contributed by atoms with Crippen molar-refractivity contribution in [2.45, 2.75) is 64.3 Å². The Balaban J connectivity index is 1.43. The lowest BCUT2D eigenvalue weighted by atomic mass is 9.62. The largest absolute Gasteiger partial charge is 0.459 e. The van der Waals surface area contributed by atoms with Gasteiger partial charge in [0.2, 0.25) is 11.8 Å². The molecule has 2 fully saturated rings. The molecule has 0 aromatic carbocycles. The summed E-state index contributed by atoms with van der Waals surface area (Å²) in [7, 11) is 0. The molecule has 3 N–H and O–H groups in total. The molecule has 2 saturated carbocycles. The maximum absolute atomic E-state index is 12.7. The number of hydrogen-bond acceptors (Lipinski definition) is 4. The molecular weight excluding hydrogens is 358 g/mol. The number of nitrogens with one attached hydrogen (secondary N) is 3. The number of rotatable bonds is 8. The lowest BCUT2D eigenvalue weighted by molar-refractivity contribution is -0.136. The second kappa shape index (κ2) is 8.37. The molecule has 0 bridgehead atoms. The van der Waals surface area contributed by atoms with Gasteiger partial charge >= 0.3 is 0 Å². The van der Waals surface area contributed by atoms with Crippen molar-refractivity contribution in [2.24, 2.45) is 11.3 Å². The first kappa shape index (κ1) is 20.4. The molecular formula is C21H31N3O4. The van der Waals surface area contributed by atoms with Crippen LogP contribution in [0.3, 0.4) is 0 Å². The van der Waals surface area contributed by atoms with Crippen molar-refractivity contribution in [1.29, 1.82) is 0 Å². The highest BCUT2D eigenvalue weighted by molar-refractivity contribution is 5.91. The van der Waals surface area contributed by atoms with Crippen molar-refractivity contribution in [1.82, 2.24) is 16.0 Å². The van der Waals surface area contributed by atoms with Crippen LogP contribution in [0.5, 0.6) is 0 Å². The molecule has 154 valence electrons. The molecule has 3 amide bonds. The van der Waals surface area contributed by atoms with Gasteiger partial charge in [-0.1, -0.05) is 26.7 Å². The molecule has 1 aromatic heterocycles. The summed E-state index contributed by atoms with van der Waals surface area (Å²) in [6.45, 7) is 4.96. The summed E-state index contributed by atoms with van der Waals surface area (Å²) in [5.41, 5.74) is -0.269. The van der Waals surface area contributed by atoms with E-state index < -0.39 is 0 Å². The minimum absolute atomic E-state index is 0.0671. The Hall–Kier alpha value is -2.31. The van der Waals surface area contributed by atoms with Crippen molar-refractivity contribution in [3.63, 3.8) is 0 Å². The number of furan rings is 1. The topological polar surface area (TPSA) is 100 Å². The van der Waals surface area contributed by atoms with E-state index in [1.165, 1.54) is 6.26 Å².